The Bertz CT molecular complexity index is 991. The summed E-state index contributed by atoms with van der Waals surface area (Å²) < 4.78 is 11.0. The third kappa shape index (κ3) is 3.77. The number of carbonyl (C=O) groups is 3. The van der Waals surface area contributed by atoms with Crippen LogP contribution < -0.4 is 16.2 Å². The van der Waals surface area contributed by atoms with Gasteiger partial charge in [0, 0.05) is 10.9 Å². The van der Waals surface area contributed by atoms with Crippen LogP contribution in [0, 0.1) is 6.92 Å². The summed E-state index contributed by atoms with van der Waals surface area (Å²) in [7, 11) is 0. The van der Waals surface area contributed by atoms with Gasteiger partial charge in [-0.05, 0) is 41.1 Å². The van der Waals surface area contributed by atoms with Crippen LogP contribution in [0.5, 0.6) is 0 Å². The second-order valence-electron chi connectivity index (χ2n) is 5.34. The zero-order chi connectivity index (χ0) is 18.7. The van der Waals surface area contributed by atoms with Crippen molar-refractivity contribution in [2.75, 3.05) is 6.54 Å². The van der Waals surface area contributed by atoms with Crippen LogP contribution in [0.25, 0.3) is 11.0 Å². The molecule has 3 aromatic rings. The summed E-state index contributed by atoms with van der Waals surface area (Å²) in [4.78, 5) is 35.7. The Morgan fingerprint density at radius 2 is 1.77 bits per heavy atom. The maximum absolute atomic E-state index is 12.2. The Morgan fingerprint density at radius 3 is 2.46 bits per heavy atom. The van der Waals surface area contributed by atoms with Crippen LogP contribution in [0.4, 0.5) is 0 Å². The molecule has 0 aliphatic rings. The second kappa shape index (κ2) is 7.44. The first-order chi connectivity index (χ1) is 12.5. The van der Waals surface area contributed by atoms with Crippen LogP contribution in [0.3, 0.4) is 0 Å². The van der Waals surface area contributed by atoms with Crippen LogP contribution in [0.1, 0.15) is 26.7 Å². The molecule has 0 atom stereocenters. The van der Waals surface area contributed by atoms with Gasteiger partial charge in [-0.2, -0.15) is 0 Å². The molecule has 9 heteroatoms. The molecule has 0 bridgehead atoms. The third-order valence-electron chi connectivity index (χ3n) is 3.57. The van der Waals surface area contributed by atoms with E-state index in [9.17, 15) is 14.4 Å². The lowest BCUT2D eigenvalue weighted by Gasteiger charge is -2.07. The van der Waals surface area contributed by atoms with Crippen molar-refractivity contribution in [3.05, 3.63) is 58.2 Å². The van der Waals surface area contributed by atoms with Crippen LogP contribution in [0.2, 0.25) is 0 Å². The average Bonchev–Trinajstić information content (AvgIpc) is 3.22. The van der Waals surface area contributed by atoms with Crippen molar-refractivity contribution in [1.29, 1.82) is 0 Å². The van der Waals surface area contributed by atoms with E-state index in [-0.39, 0.29) is 18.1 Å². The fourth-order valence-corrected chi connectivity index (χ4v) is 2.61. The molecule has 0 fully saturated rings. The number of amides is 3. The molecule has 134 valence electrons. The fourth-order valence-electron chi connectivity index (χ4n) is 2.30. The SMILES string of the molecule is Cc1c(C(=O)NNC(=O)CNC(=O)c2ccc(Br)o2)oc2ccccc12. The van der Waals surface area contributed by atoms with Gasteiger partial charge in [0.1, 0.15) is 5.58 Å². The molecule has 3 amide bonds. The van der Waals surface area contributed by atoms with Crippen LogP contribution in [-0.2, 0) is 4.79 Å². The van der Waals surface area contributed by atoms with Crippen LogP contribution in [-0.4, -0.2) is 24.3 Å². The van der Waals surface area contributed by atoms with Crippen molar-refractivity contribution in [3.63, 3.8) is 0 Å². The van der Waals surface area contributed by atoms with Gasteiger partial charge < -0.3 is 14.2 Å². The number of fused-ring (bicyclic) bond motifs is 1. The summed E-state index contributed by atoms with van der Waals surface area (Å²) in [6.45, 7) is 1.42. The number of nitrogens with one attached hydrogen (secondary N) is 3. The predicted octanol–water partition coefficient (Wildman–Crippen LogP) is 2.29. The van der Waals surface area contributed by atoms with Gasteiger partial charge in [0.25, 0.3) is 11.8 Å². The van der Waals surface area contributed by atoms with Gasteiger partial charge in [0.2, 0.25) is 0 Å². The number of benzene rings is 1. The first-order valence-corrected chi connectivity index (χ1v) is 8.36. The number of hydrazine groups is 1. The number of aryl methyl sites for hydroxylation is 1. The minimum Gasteiger partial charge on any atom is -0.451 e. The molecule has 1 aromatic carbocycles. The number of carbonyl (C=O) groups excluding carboxylic acids is 3. The number of rotatable bonds is 4. The normalized spacial score (nSPS) is 10.5. The van der Waals surface area contributed by atoms with Crippen molar-refractivity contribution >= 4 is 44.6 Å². The highest BCUT2D eigenvalue weighted by atomic mass is 79.9. The molecule has 26 heavy (non-hydrogen) atoms. The highest BCUT2D eigenvalue weighted by Gasteiger charge is 2.18. The molecular formula is C17H14BrN3O5. The summed E-state index contributed by atoms with van der Waals surface area (Å²) in [5.74, 6) is -1.58. The van der Waals surface area contributed by atoms with E-state index in [1.807, 2.05) is 12.1 Å². The summed E-state index contributed by atoms with van der Waals surface area (Å²) >= 11 is 3.08. The van der Waals surface area contributed by atoms with Gasteiger partial charge in [-0.25, -0.2) is 0 Å². The van der Waals surface area contributed by atoms with Gasteiger partial charge in [0.15, 0.2) is 16.2 Å². The molecule has 2 heterocycles. The Labute approximate surface area is 156 Å². The molecular weight excluding hydrogens is 406 g/mol. The number of para-hydroxylation sites is 1. The van der Waals surface area contributed by atoms with E-state index in [2.05, 4.69) is 32.1 Å². The van der Waals surface area contributed by atoms with Gasteiger partial charge in [-0.1, -0.05) is 18.2 Å². The summed E-state index contributed by atoms with van der Waals surface area (Å²) in [5.41, 5.74) is 5.72. The largest absolute Gasteiger partial charge is 0.451 e. The molecule has 0 saturated heterocycles. The molecule has 3 N–H and O–H groups in total. The van der Waals surface area contributed by atoms with Crippen LogP contribution in [0.15, 0.2) is 49.9 Å². The number of furan rings is 2. The molecule has 0 unspecified atom stereocenters. The highest BCUT2D eigenvalue weighted by molar-refractivity contribution is 9.10. The average molecular weight is 420 g/mol. The molecule has 0 radical (unpaired) electrons. The number of halogens is 1. The summed E-state index contributed by atoms with van der Waals surface area (Å²) in [5, 5.41) is 3.19. The van der Waals surface area contributed by atoms with Crippen molar-refractivity contribution in [2.24, 2.45) is 0 Å². The number of hydrogen-bond acceptors (Lipinski definition) is 5. The van der Waals surface area contributed by atoms with Crippen LogP contribution >= 0.6 is 15.9 Å². The first kappa shape index (κ1) is 17.7. The molecule has 2 aromatic heterocycles. The zero-order valence-electron chi connectivity index (χ0n) is 13.6. The van der Waals surface area contributed by atoms with E-state index in [0.29, 0.717) is 15.8 Å². The van der Waals surface area contributed by atoms with E-state index < -0.39 is 17.7 Å². The summed E-state index contributed by atoms with van der Waals surface area (Å²) in [6.07, 6.45) is 0. The minimum absolute atomic E-state index is 0.0617. The minimum atomic E-state index is -0.605. The van der Waals surface area contributed by atoms with Crippen molar-refractivity contribution in [1.82, 2.24) is 16.2 Å². The molecule has 0 spiro atoms. The van der Waals surface area contributed by atoms with E-state index >= 15 is 0 Å². The molecule has 8 nitrogen and oxygen atoms in total. The van der Waals surface area contributed by atoms with Gasteiger partial charge in [0.05, 0.1) is 6.54 Å². The topological polar surface area (TPSA) is 114 Å². The maximum Gasteiger partial charge on any atom is 0.305 e. The lowest BCUT2D eigenvalue weighted by molar-refractivity contribution is -0.120. The summed E-state index contributed by atoms with van der Waals surface area (Å²) in [6, 6.07) is 10.3. The maximum atomic E-state index is 12.2. The Hall–Kier alpha value is -3.07. The Morgan fingerprint density at radius 1 is 1.00 bits per heavy atom. The van der Waals surface area contributed by atoms with E-state index in [0.717, 1.165) is 5.39 Å². The Kier molecular flexibility index (Phi) is 5.08. The van der Waals surface area contributed by atoms with Crippen molar-refractivity contribution in [3.8, 4) is 0 Å². The monoisotopic (exact) mass is 419 g/mol. The third-order valence-corrected chi connectivity index (χ3v) is 4.00. The van der Waals surface area contributed by atoms with Crippen molar-refractivity contribution in [2.45, 2.75) is 6.92 Å². The molecule has 0 saturated carbocycles. The van der Waals surface area contributed by atoms with E-state index in [4.69, 9.17) is 8.83 Å². The second-order valence-corrected chi connectivity index (χ2v) is 6.12. The predicted molar refractivity (Wildman–Crippen MR) is 95.3 cm³/mol. The molecule has 0 aliphatic heterocycles. The lowest BCUT2D eigenvalue weighted by atomic mass is 10.1. The lowest BCUT2D eigenvalue weighted by Crippen LogP contribution is -2.46. The smallest absolute Gasteiger partial charge is 0.305 e. The zero-order valence-corrected chi connectivity index (χ0v) is 15.2. The fraction of sp³-hybridized carbons (Fsp3) is 0.118. The van der Waals surface area contributed by atoms with Crippen molar-refractivity contribution < 1.29 is 23.2 Å². The Balaban J connectivity index is 1.53. The molecule has 3 rings (SSSR count). The standard InChI is InChI=1S/C17H14BrN3O5/c1-9-10-4-2-3-5-11(10)26-15(9)17(24)21-20-14(22)8-19-16(23)12-6-7-13(18)25-12/h2-7H,8H2,1H3,(H,19,23)(H,20,22)(H,21,24). The number of hydrogen-bond donors (Lipinski definition) is 3. The molecule has 0 aliphatic carbocycles. The van der Waals surface area contributed by atoms with Gasteiger partial charge >= 0.3 is 5.91 Å². The van der Waals surface area contributed by atoms with Gasteiger partial charge in [-0.3, -0.25) is 25.2 Å². The quantitative estimate of drug-likeness (QED) is 0.561. The first-order valence-electron chi connectivity index (χ1n) is 7.56. The van der Waals surface area contributed by atoms with E-state index in [1.54, 1.807) is 25.1 Å². The van der Waals surface area contributed by atoms with E-state index in [1.165, 1.54) is 6.07 Å². The van der Waals surface area contributed by atoms with Gasteiger partial charge in [-0.15, -0.1) is 0 Å². The highest BCUT2D eigenvalue weighted by Crippen LogP contribution is 2.24.